The minimum Gasteiger partial charge on any atom is -0.316 e. The van der Waals surface area contributed by atoms with E-state index in [9.17, 15) is 4.39 Å². The van der Waals surface area contributed by atoms with Crippen LogP contribution in [0.3, 0.4) is 0 Å². The highest BCUT2D eigenvalue weighted by Gasteiger charge is 2.24. The van der Waals surface area contributed by atoms with Gasteiger partial charge in [0.05, 0.1) is 0 Å². The fourth-order valence-corrected chi connectivity index (χ4v) is 1.58. The summed E-state index contributed by atoms with van der Waals surface area (Å²) in [5, 5.41) is 3.23. The second-order valence-corrected chi connectivity index (χ2v) is 3.78. The van der Waals surface area contributed by atoms with Crippen molar-refractivity contribution in [3.8, 4) is 0 Å². The number of halogens is 1. The molecule has 0 aromatic heterocycles. The maximum absolute atomic E-state index is 13.0. The van der Waals surface area contributed by atoms with E-state index in [-0.39, 0.29) is 0 Å². The largest absolute Gasteiger partial charge is 0.316 e. The Morgan fingerprint density at radius 2 is 2.30 bits per heavy atom. The van der Waals surface area contributed by atoms with Crippen LogP contribution < -0.4 is 5.32 Å². The molecule has 0 bridgehead atoms. The Morgan fingerprint density at radius 3 is 2.70 bits per heavy atom. The van der Waals surface area contributed by atoms with Crippen molar-refractivity contribution in [3.05, 3.63) is 0 Å². The quantitative estimate of drug-likeness (QED) is 0.624. The molecule has 1 atom stereocenters. The van der Waals surface area contributed by atoms with Crippen molar-refractivity contribution in [1.29, 1.82) is 0 Å². The summed E-state index contributed by atoms with van der Waals surface area (Å²) in [6.07, 6.45) is 1.85. The van der Waals surface area contributed by atoms with Crippen molar-refractivity contribution >= 4 is 0 Å². The molecular formula is C8H16FN. The molecule has 1 aliphatic rings. The number of alkyl halides is 1. The van der Waals surface area contributed by atoms with Crippen LogP contribution in [0.15, 0.2) is 0 Å². The van der Waals surface area contributed by atoms with Crippen LogP contribution in [-0.4, -0.2) is 18.8 Å². The Balaban J connectivity index is 2.24. The molecule has 2 heteroatoms. The first-order valence-corrected chi connectivity index (χ1v) is 3.97. The molecule has 0 aliphatic carbocycles. The van der Waals surface area contributed by atoms with E-state index in [1.165, 1.54) is 0 Å². The molecule has 0 amide bonds. The van der Waals surface area contributed by atoms with Gasteiger partial charge in [0.15, 0.2) is 0 Å². The lowest BCUT2D eigenvalue weighted by molar-refractivity contribution is 0.173. The highest BCUT2D eigenvalue weighted by atomic mass is 19.1. The molecule has 0 aromatic rings. The molecule has 1 N–H and O–H groups in total. The van der Waals surface area contributed by atoms with Gasteiger partial charge in [0, 0.05) is 0 Å². The van der Waals surface area contributed by atoms with Crippen LogP contribution in [0.5, 0.6) is 0 Å². The van der Waals surface area contributed by atoms with Gasteiger partial charge in [-0.1, -0.05) is 0 Å². The Labute approximate surface area is 62.0 Å². The average molecular weight is 145 g/mol. The third-order valence-electron chi connectivity index (χ3n) is 1.94. The molecule has 1 unspecified atom stereocenters. The Hall–Kier alpha value is -0.110. The highest BCUT2D eigenvalue weighted by molar-refractivity contribution is 4.78. The van der Waals surface area contributed by atoms with Crippen molar-refractivity contribution in [2.75, 3.05) is 13.1 Å². The minimum atomic E-state index is -0.976. The first kappa shape index (κ1) is 7.99. The Bertz CT molecular complexity index is 100. The first-order chi connectivity index (χ1) is 4.58. The van der Waals surface area contributed by atoms with Gasteiger partial charge in [0.2, 0.25) is 0 Å². The van der Waals surface area contributed by atoms with Gasteiger partial charge in [-0.15, -0.1) is 0 Å². The molecule has 0 radical (unpaired) electrons. The van der Waals surface area contributed by atoms with E-state index in [0.717, 1.165) is 19.5 Å². The van der Waals surface area contributed by atoms with E-state index < -0.39 is 5.67 Å². The van der Waals surface area contributed by atoms with Gasteiger partial charge in [0.1, 0.15) is 5.67 Å². The predicted molar refractivity (Wildman–Crippen MR) is 40.8 cm³/mol. The molecule has 0 saturated carbocycles. The number of hydrogen-bond acceptors (Lipinski definition) is 1. The molecule has 10 heavy (non-hydrogen) atoms. The number of hydrogen-bond donors (Lipinski definition) is 1. The van der Waals surface area contributed by atoms with Crippen LogP contribution in [0, 0.1) is 5.92 Å². The third-order valence-corrected chi connectivity index (χ3v) is 1.94. The maximum atomic E-state index is 13.0. The topological polar surface area (TPSA) is 12.0 Å². The number of nitrogens with one attached hydrogen (secondary N) is 1. The lowest BCUT2D eigenvalue weighted by Gasteiger charge is -2.17. The van der Waals surface area contributed by atoms with Crippen LogP contribution >= 0.6 is 0 Å². The molecule has 1 aliphatic heterocycles. The molecule has 0 aromatic carbocycles. The lowest BCUT2D eigenvalue weighted by atomic mass is 9.94. The van der Waals surface area contributed by atoms with Crippen LogP contribution in [-0.2, 0) is 0 Å². The van der Waals surface area contributed by atoms with E-state index in [1.54, 1.807) is 13.8 Å². The highest BCUT2D eigenvalue weighted by Crippen LogP contribution is 2.23. The normalized spacial score (nSPS) is 27.3. The Kier molecular flexibility index (Phi) is 2.29. The van der Waals surface area contributed by atoms with Gasteiger partial charge in [-0.2, -0.15) is 0 Å². The van der Waals surface area contributed by atoms with Crippen molar-refractivity contribution < 1.29 is 4.39 Å². The van der Waals surface area contributed by atoms with Crippen LogP contribution in [0.1, 0.15) is 26.7 Å². The van der Waals surface area contributed by atoms with Crippen LogP contribution in [0.25, 0.3) is 0 Å². The second-order valence-electron chi connectivity index (χ2n) is 3.78. The number of rotatable bonds is 2. The fraction of sp³-hybridized carbons (Fsp3) is 1.00. The van der Waals surface area contributed by atoms with Crippen molar-refractivity contribution in [1.82, 2.24) is 5.32 Å². The summed E-state index contributed by atoms with van der Waals surface area (Å²) < 4.78 is 13.0. The zero-order chi connectivity index (χ0) is 7.61. The SMILES string of the molecule is CC(C)(F)CC1CCNC1. The average Bonchev–Trinajstić information content (AvgIpc) is 2.12. The van der Waals surface area contributed by atoms with Crippen LogP contribution in [0.4, 0.5) is 4.39 Å². The van der Waals surface area contributed by atoms with E-state index in [4.69, 9.17) is 0 Å². The standard InChI is InChI=1S/C8H16FN/c1-8(2,9)5-7-3-4-10-6-7/h7,10H,3-6H2,1-2H3. The van der Waals surface area contributed by atoms with Crippen LogP contribution in [0.2, 0.25) is 0 Å². The van der Waals surface area contributed by atoms with Gasteiger partial charge < -0.3 is 5.32 Å². The van der Waals surface area contributed by atoms with Gasteiger partial charge in [0.25, 0.3) is 0 Å². The van der Waals surface area contributed by atoms with Crippen molar-refractivity contribution in [3.63, 3.8) is 0 Å². The lowest BCUT2D eigenvalue weighted by Crippen LogP contribution is -2.19. The summed E-state index contributed by atoms with van der Waals surface area (Å²) >= 11 is 0. The smallest absolute Gasteiger partial charge is 0.105 e. The first-order valence-electron chi connectivity index (χ1n) is 3.97. The van der Waals surface area contributed by atoms with Crippen molar-refractivity contribution in [2.45, 2.75) is 32.4 Å². The van der Waals surface area contributed by atoms with Gasteiger partial charge in [-0.25, -0.2) is 4.39 Å². The zero-order valence-corrected chi connectivity index (χ0v) is 6.78. The molecule has 1 fully saturated rings. The predicted octanol–water partition coefficient (Wildman–Crippen LogP) is 1.73. The zero-order valence-electron chi connectivity index (χ0n) is 6.78. The summed E-state index contributed by atoms with van der Waals surface area (Å²) in [7, 11) is 0. The van der Waals surface area contributed by atoms with E-state index >= 15 is 0 Å². The maximum Gasteiger partial charge on any atom is 0.105 e. The monoisotopic (exact) mass is 145 g/mol. The molecule has 1 saturated heterocycles. The molecule has 1 rings (SSSR count). The molecule has 1 heterocycles. The van der Waals surface area contributed by atoms with Gasteiger partial charge in [-0.05, 0) is 45.7 Å². The fourth-order valence-electron chi connectivity index (χ4n) is 1.58. The Morgan fingerprint density at radius 1 is 1.60 bits per heavy atom. The molecule has 1 nitrogen and oxygen atoms in total. The summed E-state index contributed by atoms with van der Waals surface area (Å²) in [6, 6.07) is 0. The second kappa shape index (κ2) is 2.87. The molecule has 0 spiro atoms. The third kappa shape index (κ3) is 2.65. The summed E-state index contributed by atoms with van der Waals surface area (Å²) in [6.45, 7) is 5.39. The van der Waals surface area contributed by atoms with Crippen molar-refractivity contribution in [2.24, 2.45) is 5.92 Å². The van der Waals surface area contributed by atoms with E-state index in [0.29, 0.717) is 12.3 Å². The summed E-state index contributed by atoms with van der Waals surface area (Å²) in [5.74, 6) is 0.569. The molecule has 60 valence electrons. The van der Waals surface area contributed by atoms with E-state index in [2.05, 4.69) is 5.32 Å². The van der Waals surface area contributed by atoms with Gasteiger partial charge in [-0.3, -0.25) is 0 Å². The minimum absolute atomic E-state index is 0.569. The molecular weight excluding hydrogens is 129 g/mol. The van der Waals surface area contributed by atoms with E-state index in [1.807, 2.05) is 0 Å². The summed E-state index contributed by atoms with van der Waals surface area (Å²) in [5.41, 5.74) is -0.976. The van der Waals surface area contributed by atoms with Gasteiger partial charge >= 0.3 is 0 Å². The summed E-state index contributed by atoms with van der Waals surface area (Å²) in [4.78, 5) is 0.